The molecule has 2 unspecified atom stereocenters. The number of nitrogens with zero attached hydrogens (tertiary/aromatic N) is 2. The van der Waals surface area contributed by atoms with Crippen LogP contribution in [0.1, 0.15) is 53.2 Å². The van der Waals surface area contributed by atoms with Gasteiger partial charge in [0.25, 0.3) is 0 Å². The van der Waals surface area contributed by atoms with Gasteiger partial charge in [0.1, 0.15) is 12.3 Å². The number of piperidine rings is 1. The number of benzene rings is 2. The van der Waals surface area contributed by atoms with Crippen LogP contribution in [0.3, 0.4) is 0 Å². The Labute approximate surface area is 204 Å². The largest absolute Gasteiger partial charge is 0.481 e. The number of fused-ring (bicyclic) bond motifs is 5. The molecular formula is C29H28N2O4. The lowest BCUT2D eigenvalue weighted by molar-refractivity contribution is 0.0504. The van der Waals surface area contributed by atoms with Crippen molar-refractivity contribution >= 4 is 11.9 Å². The van der Waals surface area contributed by atoms with Crippen molar-refractivity contribution < 1.29 is 19.1 Å². The van der Waals surface area contributed by atoms with Crippen molar-refractivity contribution in [3.05, 3.63) is 83.6 Å². The van der Waals surface area contributed by atoms with Crippen LogP contribution in [-0.4, -0.2) is 47.6 Å². The summed E-state index contributed by atoms with van der Waals surface area (Å²) in [6.45, 7) is 0.318. The number of Topliss-reactive ketones (excluding diaryl/α,β-unsaturated/α-hetero) is 1. The zero-order valence-corrected chi connectivity index (χ0v) is 19.7. The molecule has 6 heteroatoms. The lowest BCUT2D eigenvalue weighted by Gasteiger charge is -2.37. The Morgan fingerprint density at radius 2 is 1.51 bits per heavy atom. The number of rotatable bonds is 5. The quantitative estimate of drug-likeness (QED) is 0.465. The zero-order chi connectivity index (χ0) is 23.9. The number of aromatic nitrogens is 1. The van der Waals surface area contributed by atoms with E-state index in [1.54, 1.807) is 25.3 Å². The fourth-order valence-corrected chi connectivity index (χ4v) is 6.23. The number of methoxy groups -OCH3 is 1. The number of carbonyl (C=O) groups is 2. The molecule has 0 spiro atoms. The molecule has 1 aromatic heterocycles. The van der Waals surface area contributed by atoms with Gasteiger partial charge in [0.2, 0.25) is 5.88 Å². The van der Waals surface area contributed by atoms with Gasteiger partial charge in [0.05, 0.1) is 7.11 Å². The predicted molar refractivity (Wildman–Crippen MR) is 132 cm³/mol. The molecule has 2 bridgehead atoms. The second-order valence-corrected chi connectivity index (χ2v) is 9.69. The van der Waals surface area contributed by atoms with Crippen molar-refractivity contribution in [2.45, 2.75) is 43.7 Å². The lowest BCUT2D eigenvalue weighted by atomic mass is 9.86. The number of pyridine rings is 1. The molecule has 2 aliphatic heterocycles. The Morgan fingerprint density at radius 3 is 2.14 bits per heavy atom. The fourth-order valence-electron chi connectivity index (χ4n) is 6.23. The second kappa shape index (κ2) is 8.84. The van der Waals surface area contributed by atoms with Crippen LogP contribution in [0.2, 0.25) is 0 Å². The molecule has 6 nitrogen and oxygen atoms in total. The van der Waals surface area contributed by atoms with Crippen molar-refractivity contribution in [3.63, 3.8) is 0 Å². The standard InChI is InChI=1S/C29H28N2O4/c1-34-27-12-6-11-26(30-27)28(32)18-15-19-13-14-20(16-18)31(19)29(33)35-17-25-23-9-4-2-7-21(23)22-8-3-5-10-24(22)25/h2-12,18-20,25H,13-17H2,1H3. The molecule has 2 atom stereocenters. The zero-order valence-electron chi connectivity index (χ0n) is 19.7. The summed E-state index contributed by atoms with van der Waals surface area (Å²) >= 11 is 0. The first-order valence-electron chi connectivity index (χ1n) is 12.3. The number of amides is 1. The lowest BCUT2D eigenvalue weighted by Crippen LogP contribution is -2.48. The van der Waals surface area contributed by atoms with Gasteiger partial charge >= 0.3 is 6.09 Å². The van der Waals surface area contributed by atoms with Crippen LogP contribution in [0.15, 0.2) is 66.7 Å². The molecule has 35 heavy (non-hydrogen) atoms. The molecule has 3 aliphatic rings. The van der Waals surface area contributed by atoms with Crippen molar-refractivity contribution in [2.75, 3.05) is 13.7 Å². The van der Waals surface area contributed by atoms with E-state index in [2.05, 4.69) is 29.2 Å². The molecule has 3 heterocycles. The second-order valence-electron chi connectivity index (χ2n) is 9.69. The number of ether oxygens (including phenoxy) is 2. The van der Waals surface area contributed by atoms with E-state index in [0.29, 0.717) is 31.0 Å². The summed E-state index contributed by atoms with van der Waals surface area (Å²) in [4.78, 5) is 32.6. The van der Waals surface area contributed by atoms with E-state index in [4.69, 9.17) is 9.47 Å². The number of hydrogen-bond acceptors (Lipinski definition) is 5. The van der Waals surface area contributed by atoms with Gasteiger partial charge in [0.15, 0.2) is 5.78 Å². The van der Waals surface area contributed by atoms with Crippen LogP contribution in [0.5, 0.6) is 5.88 Å². The molecule has 2 aromatic carbocycles. The summed E-state index contributed by atoms with van der Waals surface area (Å²) in [5.74, 6) is 0.384. The third-order valence-corrected chi connectivity index (χ3v) is 7.84. The van der Waals surface area contributed by atoms with Gasteiger partial charge in [-0.15, -0.1) is 0 Å². The van der Waals surface area contributed by atoms with Crippen molar-refractivity contribution in [2.24, 2.45) is 5.92 Å². The van der Waals surface area contributed by atoms with Gasteiger partial charge in [-0.25, -0.2) is 9.78 Å². The smallest absolute Gasteiger partial charge is 0.410 e. The van der Waals surface area contributed by atoms with Gasteiger partial charge in [-0.1, -0.05) is 54.6 Å². The summed E-state index contributed by atoms with van der Waals surface area (Å²) in [5.41, 5.74) is 5.28. The molecule has 0 radical (unpaired) electrons. The summed E-state index contributed by atoms with van der Waals surface area (Å²) in [6.07, 6.45) is 2.86. The van der Waals surface area contributed by atoms with E-state index in [9.17, 15) is 9.59 Å². The molecule has 3 aromatic rings. The van der Waals surface area contributed by atoms with Crippen LogP contribution in [0.4, 0.5) is 4.79 Å². The minimum Gasteiger partial charge on any atom is -0.481 e. The van der Waals surface area contributed by atoms with Crippen LogP contribution in [0.25, 0.3) is 11.1 Å². The highest BCUT2D eigenvalue weighted by molar-refractivity contribution is 5.96. The van der Waals surface area contributed by atoms with E-state index < -0.39 is 0 Å². The molecule has 1 aliphatic carbocycles. The molecule has 2 fully saturated rings. The van der Waals surface area contributed by atoms with Crippen LogP contribution in [0, 0.1) is 5.92 Å². The van der Waals surface area contributed by atoms with Gasteiger partial charge in [0, 0.05) is 30.0 Å². The number of ketones is 1. The third-order valence-electron chi connectivity index (χ3n) is 7.84. The normalized spacial score (nSPS) is 22.4. The summed E-state index contributed by atoms with van der Waals surface area (Å²) < 4.78 is 11.1. The predicted octanol–water partition coefficient (Wildman–Crippen LogP) is 5.47. The molecule has 6 rings (SSSR count). The topological polar surface area (TPSA) is 68.7 Å². The van der Waals surface area contributed by atoms with Gasteiger partial charge in [-0.05, 0) is 54.0 Å². The summed E-state index contributed by atoms with van der Waals surface area (Å²) in [7, 11) is 1.55. The Hall–Kier alpha value is -3.67. The van der Waals surface area contributed by atoms with E-state index in [-0.39, 0.29) is 35.8 Å². The monoisotopic (exact) mass is 468 g/mol. The van der Waals surface area contributed by atoms with Crippen molar-refractivity contribution in [1.29, 1.82) is 0 Å². The van der Waals surface area contributed by atoms with Gasteiger partial charge < -0.3 is 14.4 Å². The highest BCUT2D eigenvalue weighted by Crippen LogP contribution is 2.45. The van der Waals surface area contributed by atoms with Gasteiger partial charge in [-0.2, -0.15) is 0 Å². The maximum Gasteiger partial charge on any atom is 0.410 e. The fraction of sp³-hybridized carbons (Fsp3) is 0.345. The third kappa shape index (κ3) is 3.77. The minimum absolute atomic E-state index is 0.0314. The first-order valence-corrected chi connectivity index (χ1v) is 12.3. The van der Waals surface area contributed by atoms with E-state index in [0.717, 1.165) is 12.8 Å². The van der Waals surface area contributed by atoms with Crippen molar-refractivity contribution in [3.8, 4) is 17.0 Å². The van der Waals surface area contributed by atoms with Crippen LogP contribution < -0.4 is 4.74 Å². The van der Waals surface area contributed by atoms with Gasteiger partial charge in [-0.3, -0.25) is 4.79 Å². The van der Waals surface area contributed by atoms with Crippen LogP contribution >= 0.6 is 0 Å². The summed E-state index contributed by atoms with van der Waals surface area (Å²) in [6, 6.07) is 22.0. The first-order chi connectivity index (χ1) is 17.1. The molecule has 0 saturated carbocycles. The van der Waals surface area contributed by atoms with E-state index in [1.165, 1.54) is 22.3 Å². The highest BCUT2D eigenvalue weighted by atomic mass is 16.6. The number of carbonyl (C=O) groups excluding carboxylic acids is 2. The maximum absolute atomic E-state index is 13.3. The van der Waals surface area contributed by atoms with E-state index >= 15 is 0 Å². The highest BCUT2D eigenvalue weighted by Gasteiger charge is 2.46. The summed E-state index contributed by atoms with van der Waals surface area (Å²) in [5, 5.41) is 0. The molecule has 2 saturated heterocycles. The molecule has 0 N–H and O–H groups in total. The Bertz CT molecular complexity index is 1230. The Morgan fingerprint density at radius 1 is 0.886 bits per heavy atom. The maximum atomic E-state index is 13.3. The Balaban J connectivity index is 1.14. The van der Waals surface area contributed by atoms with Crippen molar-refractivity contribution in [1.82, 2.24) is 9.88 Å². The number of hydrogen-bond donors (Lipinski definition) is 0. The molecule has 1 amide bonds. The first kappa shape index (κ1) is 21.8. The van der Waals surface area contributed by atoms with Crippen LogP contribution in [-0.2, 0) is 4.74 Å². The Kier molecular flexibility index (Phi) is 5.51. The van der Waals surface area contributed by atoms with E-state index in [1.807, 2.05) is 29.2 Å². The average molecular weight is 469 g/mol. The molecular weight excluding hydrogens is 440 g/mol. The molecule has 178 valence electrons. The average Bonchev–Trinajstić information content (AvgIpc) is 3.37. The minimum atomic E-state index is -0.259. The SMILES string of the molecule is COc1cccc(C(=O)C2CC3CCC(C2)N3C(=O)OCC2c3ccccc3-c3ccccc32)n1.